The van der Waals surface area contributed by atoms with Gasteiger partial charge in [0.2, 0.25) is 15.9 Å². The number of carbonyl (C=O) groups is 1. The Morgan fingerprint density at radius 3 is 2.43 bits per heavy atom. The van der Waals surface area contributed by atoms with E-state index in [1.54, 1.807) is 4.90 Å². The van der Waals surface area contributed by atoms with Crippen molar-refractivity contribution in [3.63, 3.8) is 0 Å². The molecular weight excluding hydrogens is 408 g/mol. The Kier molecular flexibility index (Phi) is 6.97. The van der Waals surface area contributed by atoms with E-state index in [0.717, 1.165) is 38.4 Å². The van der Waals surface area contributed by atoms with Crippen molar-refractivity contribution in [2.75, 3.05) is 38.0 Å². The molecule has 30 heavy (non-hydrogen) atoms. The number of hydrogen-bond donors (Lipinski definition) is 1. The van der Waals surface area contributed by atoms with Crippen LogP contribution in [0.4, 0.5) is 11.4 Å². The fourth-order valence-electron chi connectivity index (χ4n) is 4.35. The van der Waals surface area contributed by atoms with E-state index in [2.05, 4.69) is 5.32 Å². The summed E-state index contributed by atoms with van der Waals surface area (Å²) >= 11 is 0. The maximum atomic E-state index is 13.0. The second kappa shape index (κ2) is 9.30. The molecule has 3 rings (SSSR count). The lowest BCUT2D eigenvalue weighted by molar-refractivity contribution is -0.384. The summed E-state index contributed by atoms with van der Waals surface area (Å²) in [6.45, 7) is 6.63. The molecule has 2 atom stereocenters. The predicted octanol–water partition coefficient (Wildman–Crippen LogP) is 2.69. The number of hydrogen-bond acceptors (Lipinski definition) is 6. The SMILES string of the molecule is C[C@H]1C[C@H](C)CN(S(=O)(=O)c2ccc(NCCC(=O)N3CCCC3)c([N+](=O)[O-])c2)C1. The number of benzene rings is 1. The van der Waals surface area contributed by atoms with Gasteiger partial charge in [-0.3, -0.25) is 14.9 Å². The van der Waals surface area contributed by atoms with Gasteiger partial charge in [0.05, 0.1) is 9.82 Å². The van der Waals surface area contributed by atoms with Gasteiger partial charge in [-0.1, -0.05) is 13.8 Å². The van der Waals surface area contributed by atoms with Crippen LogP contribution in [-0.4, -0.2) is 61.2 Å². The van der Waals surface area contributed by atoms with E-state index in [-0.39, 0.29) is 47.0 Å². The summed E-state index contributed by atoms with van der Waals surface area (Å²) < 4.78 is 27.5. The first kappa shape index (κ1) is 22.5. The van der Waals surface area contributed by atoms with Crippen molar-refractivity contribution >= 4 is 27.3 Å². The quantitative estimate of drug-likeness (QED) is 0.517. The first-order valence-corrected chi connectivity index (χ1v) is 11.9. The second-order valence-electron chi connectivity index (χ2n) is 8.47. The van der Waals surface area contributed by atoms with Crippen LogP contribution in [0.1, 0.15) is 39.5 Å². The molecule has 9 nitrogen and oxygen atoms in total. The predicted molar refractivity (Wildman–Crippen MR) is 114 cm³/mol. The molecule has 0 aromatic heterocycles. The normalized spacial score (nSPS) is 22.8. The van der Waals surface area contributed by atoms with E-state index in [0.29, 0.717) is 13.1 Å². The summed E-state index contributed by atoms with van der Waals surface area (Å²) in [5.74, 6) is 0.510. The second-order valence-corrected chi connectivity index (χ2v) is 10.4. The van der Waals surface area contributed by atoms with Gasteiger partial charge in [0.25, 0.3) is 5.69 Å². The van der Waals surface area contributed by atoms with Crippen LogP contribution in [0.2, 0.25) is 0 Å². The third-order valence-electron chi connectivity index (χ3n) is 5.75. The Hall–Kier alpha value is -2.20. The molecule has 1 aromatic rings. The van der Waals surface area contributed by atoms with Crippen LogP contribution in [0.15, 0.2) is 23.1 Å². The number of nitrogens with one attached hydrogen (secondary N) is 1. The molecule has 0 aliphatic carbocycles. The van der Waals surface area contributed by atoms with E-state index in [9.17, 15) is 23.3 Å². The van der Waals surface area contributed by atoms with Crippen molar-refractivity contribution in [3.8, 4) is 0 Å². The number of anilines is 1. The van der Waals surface area contributed by atoms with Crippen molar-refractivity contribution < 1.29 is 18.1 Å². The summed E-state index contributed by atoms with van der Waals surface area (Å²) in [7, 11) is -3.81. The minimum Gasteiger partial charge on any atom is -0.379 e. The van der Waals surface area contributed by atoms with Crippen LogP contribution >= 0.6 is 0 Å². The van der Waals surface area contributed by atoms with Crippen molar-refractivity contribution in [3.05, 3.63) is 28.3 Å². The number of likely N-dealkylation sites (tertiary alicyclic amines) is 1. The molecule has 2 aliphatic rings. The number of nitrogens with zero attached hydrogens (tertiary/aromatic N) is 3. The number of nitro benzene ring substituents is 1. The number of sulfonamides is 1. The largest absolute Gasteiger partial charge is 0.379 e. The van der Waals surface area contributed by atoms with Crippen LogP contribution in [0.3, 0.4) is 0 Å². The molecule has 0 radical (unpaired) electrons. The van der Waals surface area contributed by atoms with Gasteiger partial charge in [-0.15, -0.1) is 0 Å². The van der Waals surface area contributed by atoms with E-state index >= 15 is 0 Å². The Balaban J connectivity index is 1.72. The van der Waals surface area contributed by atoms with E-state index in [4.69, 9.17) is 0 Å². The Labute approximate surface area is 177 Å². The molecular formula is C20H30N4O5S. The summed E-state index contributed by atoms with van der Waals surface area (Å²) in [6.07, 6.45) is 3.22. The molecule has 1 amide bonds. The first-order valence-electron chi connectivity index (χ1n) is 10.5. The minimum atomic E-state index is -3.81. The van der Waals surface area contributed by atoms with Crippen LogP contribution in [0.5, 0.6) is 0 Å². The highest BCUT2D eigenvalue weighted by atomic mass is 32.2. The maximum Gasteiger partial charge on any atom is 0.293 e. The molecule has 0 bridgehead atoms. The van der Waals surface area contributed by atoms with Gasteiger partial charge in [0.15, 0.2) is 0 Å². The van der Waals surface area contributed by atoms with Gasteiger partial charge in [-0.05, 0) is 43.2 Å². The highest BCUT2D eigenvalue weighted by Crippen LogP contribution is 2.31. The van der Waals surface area contributed by atoms with E-state index in [1.807, 2.05) is 13.8 Å². The minimum absolute atomic E-state index is 0.0233. The first-order chi connectivity index (χ1) is 14.2. The number of nitro groups is 1. The lowest BCUT2D eigenvalue weighted by atomic mass is 9.94. The number of piperidine rings is 1. The van der Waals surface area contributed by atoms with Crippen molar-refractivity contribution in [1.82, 2.24) is 9.21 Å². The maximum absolute atomic E-state index is 13.0. The van der Waals surface area contributed by atoms with Crippen LogP contribution in [-0.2, 0) is 14.8 Å². The summed E-state index contributed by atoms with van der Waals surface area (Å²) in [4.78, 5) is 24.8. The molecule has 166 valence electrons. The number of carbonyl (C=O) groups excluding carboxylic acids is 1. The Morgan fingerprint density at radius 2 is 1.83 bits per heavy atom. The molecule has 0 spiro atoms. The average Bonchev–Trinajstić information content (AvgIpc) is 3.22. The monoisotopic (exact) mass is 438 g/mol. The fourth-order valence-corrected chi connectivity index (χ4v) is 6.05. The Bertz CT molecular complexity index is 888. The molecule has 2 fully saturated rings. The van der Waals surface area contributed by atoms with Gasteiger partial charge < -0.3 is 10.2 Å². The van der Waals surface area contributed by atoms with Crippen LogP contribution in [0, 0.1) is 22.0 Å². The summed E-state index contributed by atoms with van der Waals surface area (Å²) in [5.41, 5.74) is -0.0867. The van der Waals surface area contributed by atoms with Crippen molar-refractivity contribution in [2.24, 2.45) is 11.8 Å². The molecule has 0 saturated carbocycles. The third kappa shape index (κ3) is 5.10. The standard InChI is InChI=1S/C20H30N4O5S/c1-15-11-16(2)14-23(13-15)30(28,29)17-5-6-18(19(12-17)24(26)27)21-8-7-20(25)22-9-3-4-10-22/h5-6,12,15-16,21H,3-4,7-11,13-14H2,1-2H3/t15-,16-/m0/s1. The highest BCUT2D eigenvalue weighted by molar-refractivity contribution is 7.89. The lowest BCUT2D eigenvalue weighted by Gasteiger charge is -2.34. The van der Waals surface area contributed by atoms with Gasteiger partial charge in [0.1, 0.15) is 5.69 Å². The topological polar surface area (TPSA) is 113 Å². The number of rotatable bonds is 7. The summed E-state index contributed by atoms with van der Waals surface area (Å²) in [6, 6.07) is 3.93. The van der Waals surface area contributed by atoms with E-state index < -0.39 is 14.9 Å². The summed E-state index contributed by atoms with van der Waals surface area (Å²) in [5, 5.41) is 14.5. The molecule has 1 N–H and O–H groups in total. The smallest absolute Gasteiger partial charge is 0.293 e. The molecule has 2 heterocycles. The zero-order valence-electron chi connectivity index (χ0n) is 17.5. The molecule has 2 saturated heterocycles. The molecule has 0 unspecified atom stereocenters. The zero-order valence-corrected chi connectivity index (χ0v) is 18.4. The molecule has 2 aliphatic heterocycles. The van der Waals surface area contributed by atoms with Gasteiger partial charge in [-0.2, -0.15) is 4.31 Å². The Morgan fingerprint density at radius 1 is 1.20 bits per heavy atom. The highest BCUT2D eigenvalue weighted by Gasteiger charge is 2.33. The van der Waals surface area contributed by atoms with Crippen LogP contribution < -0.4 is 5.32 Å². The molecule has 10 heteroatoms. The van der Waals surface area contributed by atoms with Crippen LogP contribution in [0.25, 0.3) is 0 Å². The average molecular weight is 439 g/mol. The molecule has 1 aromatic carbocycles. The third-order valence-corrected chi connectivity index (χ3v) is 7.58. The van der Waals surface area contributed by atoms with Gasteiger partial charge in [0, 0.05) is 45.2 Å². The zero-order chi connectivity index (χ0) is 21.9. The fraction of sp³-hybridized carbons (Fsp3) is 0.650. The van der Waals surface area contributed by atoms with Crippen molar-refractivity contribution in [1.29, 1.82) is 0 Å². The van der Waals surface area contributed by atoms with E-state index in [1.165, 1.54) is 16.4 Å². The van der Waals surface area contributed by atoms with Crippen molar-refractivity contribution in [2.45, 2.75) is 44.4 Å². The number of amides is 1. The van der Waals surface area contributed by atoms with Gasteiger partial charge in [-0.25, -0.2) is 8.42 Å². The lowest BCUT2D eigenvalue weighted by Crippen LogP contribution is -2.42. The van der Waals surface area contributed by atoms with Gasteiger partial charge >= 0.3 is 0 Å².